The van der Waals surface area contributed by atoms with Crippen molar-refractivity contribution in [3.05, 3.63) is 27.8 Å². The van der Waals surface area contributed by atoms with Crippen LogP contribution < -0.4 is 9.47 Å². The van der Waals surface area contributed by atoms with Crippen molar-refractivity contribution >= 4 is 33.2 Å². The van der Waals surface area contributed by atoms with E-state index in [0.717, 1.165) is 16.5 Å². The van der Waals surface area contributed by atoms with Crippen LogP contribution in [0.5, 0.6) is 11.5 Å². The number of benzene rings is 1. The molecule has 0 aliphatic carbocycles. The van der Waals surface area contributed by atoms with Gasteiger partial charge in [0.05, 0.1) is 28.1 Å². The molecule has 104 valence electrons. The third-order valence-corrected chi connectivity index (χ3v) is 4.30. The van der Waals surface area contributed by atoms with Gasteiger partial charge in [0.1, 0.15) is 0 Å². The molecule has 0 saturated carbocycles. The summed E-state index contributed by atoms with van der Waals surface area (Å²) >= 11 is 4.73. The number of thiazole rings is 1. The molecule has 2 heterocycles. The molecular formula is C13H10BrNO4S. The number of nitrogens with zero attached hydrogens (tertiary/aromatic N) is 1. The first-order valence-electron chi connectivity index (χ1n) is 5.93. The van der Waals surface area contributed by atoms with E-state index < -0.39 is 5.97 Å². The number of rotatable bonds is 2. The van der Waals surface area contributed by atoms with Crippen LogP contribution in [0.2, 0.25) is 0 Å². The van der Waals surface area contributed by atoms with Crippen molar-refractivity contribution in [1.82, 2.24) is 4.98 Å². The zero-order valence-corrected chi connectivity index (χ0v) is 12.7. The Hall–Kier alpha value is -1.60. The maximum atomic E-state index is 11.2. The molecule has 7 heteroatoms. The maximum Gasteiger partial charge on any atom is 0.356 e. The lowest BCUT2D eigenvalue weighted by molar-refractivity contribution is 0.0692. The fourth-order valence-electron chi connectivity index (χ4n) is 1.97. The second-order valence-corrected chi connectivity index (χ2v) is 5.88. The summed E-state index contributed by atoms with van der Waals surface area (Å²) in [7, 11) is 0. The minimum atomic E-state index is -1.04. The van der Waals surface area contributed by atoms with Crippen LogP contribution in [0.3, 0.4) is 0 Å². The third kappa shape index (κ3) is 2.38. The first-order chi connectivity index (χ1) is 9.66. The second kappa shape index (κ2) is 5.41. The van der Waals surface area contributed by atoms with Gasteiger partial charge in [-0.1, -0.05) is 0 Å². The van der Waals surface area contributed by atoms with E-state index in [1.807, 2.05) is 6.07 Å². The molecule has 0 fully saturated rings. The van der Waals surface area contributed by atoms with Gasteiger partial charge in [-0.05, 0) is 33.6 Å². The molecule has 1 aliphatic heterocycles. The molecule has 1 aromatic heterocycles. The highest BCUT2D eigenvalue weighted by molar-refractivity contribution is 9.10. The number of aromatic carboxylic acids is 1. The summed E-state index contributed by atoms with van der Waals surface area (Å²) in [5, 5.41) is 9.15. The van der Waals surface area contributed by atoms with Crippen LogP contribution in [0.15, 0.2) is 22.1 Å². The molecular weight excluding hydrogens is 346 g/mol. The Balaban J connectivity index is 2.11. The van der Waals surface area contributed by atoms with E-state index in [9.17, 15) is 4.79 Å². The molecule has 0 bridgehead atoms. The monoisotopic (exact) mass is 355 g/mol. The molecule has 5 nitrogen and oxygen atoms in total. The number of fused-ring (bicyclic) bond motifs is 1. The lowest BCUT2D eigenvalue weighted by atomic mass is 10.1. The highest BCUT2D eigenvalue weighted by Crippen LogP contribution is 2.42. The normalized spacial score (nSPS) is 13.8. The van der Waals surface area contributed by atoms with Gasteiger partial charge in [0.15, 0.2) is 17.2 Å². The predicted octanol–water partition coefficient (Wildman–Crippen LogP) is 3.43. The van der Waals surface area contributed by atoms with Crippen LogP contribution in [-0.2, 0) is 0 Å². The van der Waals surface area contributed by atoms with Crippen molar-refractivity contribution in [2.75, 3.05) is 13.2 Å². The van der Waals surface area contributed by atoms with Crippen LogP contribution in [0.1, 0.15) is 16.9 Å². The molecule has 1 aliphatic rings. The second-order valence-electron chi connectivity index (χ2n) is 4.17. The van der Waals surface area contributed by atoms with Crippen molar-refractivity contribution < 1.29 is 19.4 Å². The fourth-order valence-corrected chi connectivity index (χ4v) is 3.29. The molecule has 0 spiro atoms. The summed E-state index contributed by atoms with van der Waals surface area (Å²) in [5.74, 6) is 0.244. The van der Waals surface area contributed by atoms with E-state index in [1.165, 1.54) is 16.8 Å². The Morgan fingerprint density at radius 3 is 2.95 bits per heavy atom. The summed E-state index contributed by atoms with van der Waals surface area (Å²) < 4.78 is 12.0. The molecule has 0 atom stereocenters. The maximum absolute atomic E-state index is 11.2. The van der Waals surface area contributed by atoms with Gasteiger partial charge in [0.25, 0.3) is 0 Å². The van der Waals surface area contributed by atoms with Gasteiger partial charge in [-0.2, -0.15) is 0 Å². The van der Waals surface area contributed by atoms with Crippen LogP contribution in [0.25, 0.3) is 10.4 Å². The minimum absolute atomic E-state index is 0.0522. The minimum Gasteiger partial charge on any atom is -0.489 e. The molecule has 0 amide bonds. The Bertz CT molecular complexity index is 670. The number of carbonyl (C=O) groups is 1. The number of ether oxygens (including phenoxy) is 2. The lowest BCUT2D eigenvalue weighted by Crippen LogP contribution is -1.99. The van der Waals surface area contributed by atoms with Gasteiger partial charge in [0.2, 0.25) is 0 Å². The average molecular weight is 356 g/mol. The predicted molar refractivity (Wildman–Crippen MR) is 77.8 cm³/mol. The Morgan fingerprint density at radius 1 is 1.35 bits per heavy atom. The zero-order chi connectivity index (χ0) is 14.1. The largest absolute Gasteiger partial charge is 0.489 e. The molecule has 0 saturated heterocycles. The first kappa shape index (κ1) is 13.4. The number of carboxylic acid groups (broad SMARTS) is 1. The number of aromatic nitrogens is 1. The van der Waals surface area contributed by atoms with Gasteiger partial charge in [-0.15, -0.1) is 11.3 Å². The third-order valence-electron chi connectivity index (χ3n) is 2.83. The van der Waals surface area contributed by atoms with Crippen molar-refractivity contribution in [3.63, 3.8) is 0 Å². The Labute approximate surface area is 127 Å². The molecule has 1 N–H and O–H groups in total. The van der Waals surface area contributed by atoms with Crippen molar-refractivity contribution in [3.8, 4) is 21.9 Å². The highest BCUT2D eigenvalue weighted by atomic mass is 79.9. The van der Waals surface area contributed by atoms with E-state index in [1.54, 1.807) is 6.07 Å². The Kier molecular flexibility index (Phi) is 3.62. The summed E-state index contributed by atoms with van der Waals surface area (Å²) in [4.78, 5) is 15.7. The van der Waals surface area contributed by atoms with E-state index >= 15 is 0 Å². The van der Waals surface area contributed by atoms with Crippen molar-refractivity contribution in [1.29, 1.82) is 0 Å². The summed E-state index contributed by atoms with van der Waals surface area (Å²) in [6.45, 7) is 1.18. The lowest BCUT2D eigenvalue weighted by Gasteiger charge is -2.11. The number of carboxylic acids is 1. The van der Waals surface area contributed by atoms with E-state index in [2.05, 4.69) is 20.9 Å². The molecule has 20 heavy (non-hydrogen) atoms. The zero-order valence-electron chi connectivity index (χ0n) is 10.3. The Morgan fingerprint density at radius 2 is 2.15 bits per heavy atom. The van der Waals surface area contributed by atoms with Gasteiger partial charge in [0, 0.05) is 6.42 Å². The SMILES string of the molecule is O=C(O)c1ncsc1-c1cc(Br)c2c(c1)OCCCO2. The van der Waals surface area contributed by atoms with Crippen LogP contribution >= 0.6 is 27.3 Å². The quantitative estimate of drug-likeness (QED) is 0.893. The van der Waals surface area contributed by atoms with Gasteiger partial charge in [-0.25, -0.2) is 9.78 Å². The number of hydrogen-bond donors (Lipinski definition) is 1. The van der Waals surface area contributed by atoms with Crippen LogP contribution in [-0.4, -0.2) is 29.3 Å². The summed E-state index contributed by atoms with van der Waals surface area (Å²) in [5.41, 5.74) is 2.33. The molecule has 2 aromatic rings. The fraction of sp³-hybridized carbons (Fsp3) is 0.231. The molecule has 1 aromatic carbocycles. The van der Waals surface area contributed by atoms with Crippen molar-refractivity contribution in [2.24, 2.45) is 0 Å². The standard InChI is InChI=1S/C13H10BrNO4S/c14-8-4-7(12-10(13(16)17)15-6-20-12)5-9-11(8)19-3-1-2-18-9/h4-6H,1-3H2,(H,16,17). The molecule has 3 rings (SSSR count). The van der Waals surface area contributed by atoms with E-state index in [4.69, 9.17) is 14.6 Å². The highest BCUT2D eigenvalue weighted by Gasteiger charge is 2.20. The van der Waals surface area contributed by atoms with E-state index in [-0.39, 0.29) is 5.69 Å². The number of hydrogen-bond acceptors (Lipinski definition) is 5. The van der Waals surface area contributed by atoms with Gasteiger partial charge < -0.3 is 14.6 Å². The topological polar surface area (TPSA) is 68.7 Å². The summed E-state index contributed by atoms with van der Waals surface area (Å²) in [6, 6.07) is 3.62. The molecule has 0 unspecified atom stereocenters. The van der Waals surface area contributed by atoms with Crippen molar-refractivity contribution in [2.45, 2.75) is 6.42 Å². The van der Waals surface area contributed by atoms with Gasteiger partial charge >= 0.3 is 5.97 Å². The van der Waals surface area contributed by atoms with Crippen LogP contribution in [0, 0.1) is 0 Å². The average Bonchev–Trinajstić information content (AvgIpc) is 2.78. The smallest absolute Gasteiger partial charge is 0.356 e. The molecule has 0 radical (unpaired) electrons. The van der Waals surface area contributed by atoms with E-state index in [0.29, 0.717) is 29.6 Å². The first-order valence-corrected chi connectivity index (χ1v) is 7.60. The number of halogens is 1. The van der Waals surface area contributed by atoms with Gasteiger partial charge in [-0.3, -0.25) is 0 Å². The van der Waals surface area contributed by atoms with Crippen LogP contribution in [0.4, 0.5) is 0 Å². The summed E-state index contributed by atoms with van der Waals surface area (Å²) in [6.07, 6.45) is 0.817.